The molecule has 0 spiro atoms. The second-order valence-corrected chi connectivity index (χ2v) is 7.48. The summed E-state index contributed by atoms with van der Waals surface area (Å²) < 4.78 is 7.84. The predicted molar refractivity (Wildman–Crippen MR) is 120 cm³/mol. The topological polar surface area (TPSA) is 72.6 Å². The molecule has 3 aromatic heterocycles. The summed E-state index contributed by atoms with van der Waals surface area (Å²) in [4.78, 5) is 28.1. The van der Waals surface area contributed by atoms with Crippen molar-refractivity contribution in [2.45, 2.75) is 25.8 Å². The van der Waals surface area contributed by atoms with E-state index in [0.29, 0.717) is 18.0 Å². The Labute approximate surface area is 185 Å². The quantitative estimate of drug-likeness (QED) is 0.459. The Kier molecular flexibility index (Phi) is 5.26. The predicted octanol–water partition coefficient (Wildman–Crippen LogP) is 4.27. The summed E-state index contributed by atoms with van der Waals surface area (Å²) in [6.45, 7) is 2.35. The maximum Gasteiger partial charge on any atom is 0.299 e. The third-order valence-corrected chi connectivity index (χ3v) is 5.48. The van der Waals surface area contributed by atoms with Gasteiger partial charge in [0.15, 0.2) is 0 Å². The Morgan fingerprint density at radius 2 is 2.00 bits per heavy atom. The summed E-state index contributed by atoms with van der Waals surface area (Å²) in [5, 5.41) is 0. The molecule has 0 bridgehead atoms. The zero-order chi connectivity index (χ0) is 21.9. The van der Waals surface area contributed by atoms with E-state index in [-0.39, 0.29) is 11.9 Å². The van der Waals surface area contributed by atoms with Crippen molar-refractivity contribution >= 4 is 11.4 Å². The van der Waals surface area contributed by atoms with Crippen LogP contribution in [-0.4, -0.2) is 36.7 Å². The standard InChI is InChI=1S/C25H21N5O2/c1-2-7-23(31)29-14-6-10-21(29)25-28-24(22-17-26-13-15-30(22)25)20-12-11-19(16-27-20)32-18-8-4-3-5-9-18/h3-5,8-9,11-13,15-17,21H,6,10,14H2,1H3. The van der Waals surface area contributed by atoms with Crippen LogP contribution in [0.3, 0.4) is 0 Å². The van der Waals surface area contributed by atoms with Gasteiger partial charge < -0.3 is 9.64 Å². The Hall–Kier alpha value is -4.18. The van der Waals surface area contributed by atoms with E-state index in [1.807, 2.05) is 53.1 Å². The molecule has 32 heavy (non-hydrogen) atoms. The van der Waals surface area contributed by atoms with Gasteiger partial charge in [0, 0.05) is 18.9 Å². The summed E-state index contributed by atoms with van der Waals surface area (Å²) in [6, 6.07) is 13.2. The minimum Gasteiger partial charge on any atom is -0.456 e. The van der Waals surface area contributed by atoms with E-state index in [1.165, 1.54) is 0 Å². The minimum atomic E-state index is -0.164. The maximum absolute atomic E-state index is 12.5. The lowest BCUT2D eigenvalue weighted by molar-refractivity contribution is -0.126. The fraction of sp³-hybridized carbons (Fsp3) is 0.200. The number of para-hydroxylation sites is 1. The molecule has 0 aliphatic carbocycles. The first-order chi connectivity index (χ1) is 15.7. The van der Waals surface area contributed by atoms with Crippen LogP contribution in [-0.2, 0) is 4.79 Å². The highest BCUT2D eigenvalue weighted by Gasteiger charge is 2.33. The number of carbonyl (C=O) groups is 1. The van der Waals surface area contributed by atoms with Gasteiger partial charge in [-0.2, -0.15) is 0 Å². The van der Waals surface area contributed by atoms with Gasteiger partial charge in [-0.05, 0) is 50.0 Å². The zero-order valence-corrected chi connectivity index (χ0v) is 17.6. The molecule has 1 aliphatic rings. The largest absolute Gasteiger partial charge is 0.456 e. The van der Waals surface area contributed by atoms with Crippen molar-refractivity contribution in [3.05, 3.63) is 73.1 Å². The van der Waals surface area contributed by atoms with Crippen LogP contribution in [0.1, 0.15) is 31.6 Å². The van der Waals surface area contributed by atoms with E-state index >= 15 is 0 Å². The van der Waals surface area contributed by atoms with Crippen molar-refractivity contribution in [3.8, 4) is 34.7 Å². The number of pyridine rings is 1. The number of benzene rings is 1. The summed E-state index contributed by atoms with van der Waals surface area (Å²) in [6.07, 6.45) is 8.82. The van der Waals surface area contributed by atoms with Crippen molar-refractivity contribution in [3.63, 3.8) is 0 Å². The monoisotopic (exact) mass is 423 g/mol. The summed E-state index contributed by atoms with van der Waals surface area (Å²) in [5.74, 6) is 7.40. The molecule has 4 aromatic rings. The number of rotatable bonds is 4. The van der Waals surface area contributed by atoms with Gasteiger partial charge in [-0.3, -0.25) is 19.2 Å². The molecule has 1 unspecified atom stereocenters. The normalized spacial score (nSPS) is 15.4. The third-order valence-electron chi connectivity index (χ3n) is 5.48. The number of ether oxygens (including phenoxy) is 1. The molecule has 1 aliphatic heterocycles. The van der Waals surface area contributed by atoms with E-state index in [9.17, 15) is 4.79 Å². The van der Waals surface area contributed by atoms with Crippen molar-refractivity contribution in [1.29, 1.82) is 0 Å². The summed E-state index contributed by atoms with van der Waals surface area (Å²) in [7, 11) is 0. The van der Waals surface area contributed by atoms with Gasteiger partial charge in [0.25, 0.3) is 5.91 Å². The zero-order valence-electron chi connectivity index (χ0n) is 17.6. The number of imidazole rings is 1. The number of carbonyl (C=O) groups excluding carboxylic acids is 1. The van der Waals surface area contributed by atoms with Gasteiger partial charge >= 0.3 is 0 Å². The van der Waals surface area contributed by atoms with E-state index in [2.05, 4.69) is 21.8 Å². The molecule has 0 saturated carbocycles. The molecule has 7 heteroatoms. The second-order valence-electron chi connectivity index (χ2n) is 7.48. The molecule has 5 rings (SSSR count). The molecule has 1 atom stereocenters. The Morgan fingerprint density at radius 1 is 1.12 bits per heavy atom. The number of hydrogen-bond donors (Lipinski definition) is 0. The van der Waals surface area contributed by atoms with Gasteiger partial charge in [-0.25, -0.2) is 4.98 Å². The first kappa shape index (κ1) is 19.8. The summed E-state index contributed by atoms with van der Waals surface area (Å²) >= 11 is 0. The number of fused-ring (bicyclic) bond motifs is 1. The molecule has 1 saturated heterocycles. The number of aromatic nitrogens is 4. The molecule has 0 radical (unpaired) electrons. The molecular formula is C25H21N5O2. The SMILES string of the molecule is CC#CC(=O)N1CCCC1c1nc(-c2ccc(Oc3ccccc3)cn2)c2cnccn12. The lowest BCUT2D eigenvalue weighted by Crippen LogP contribution is -2.30. The highest BCUT2D eigenvalue weighted by atomic mass is 16.5. The molecule has 4 heterocycles. The number of likely N-dealkylation sites (tertiary alicyclic amines) is 1. The van der Waals surface area contributed by atoms with Crippen LogP contribution < -0.4 is 4.74 Å². The number of amides is 1. The van der Waals surface area contributed by atoms with Gasteiger partial charge in [0.1, 0.15) is 23.0 Å². The Bertz CT molecular complexity index is 1320. The average molecular weight is 423 g/mol. The van der Waals surface area contributed by atoms with E-state index in [1.54, 1.807) is 30.4 Å². The molecule has 1 aromatic carbocycles. The van der Waals surface area contributed by atoms with Crippen LogP contribution in [0.25, 0.3) is 16.9 Å². The van der Waals surface area contributed by atoms with Crippen molar-refractivity contribution in [1.82, 2.24) is 24.3 Å². The van der Waals surface area contributed by atoms with Crippen LogP contribution in [0.2, 0.25) is 0 Å². The fourth-order valence-corrected chi connectivity index (χ4v) is 4.05. The van der Waals surface area contributed by atoms with Crippen LogP contribution in [0.5, 0.6) is 11.5 Å². The molecule has 0 N–H and O–H groups in total. The van der Waals surface area contributed by atoms with Crippen LogP contribution >= 0.6 is 0 Å². The fourth-order valence-electron chi connectivity index (χ4n) is 4.05. The molecule has 158 valence electrons. The first-order valence-corrected chi connectivity index (χ1v) is 10.5. The lowest BCUT2D eigenvalue weighted by Gasteiger charge is -2.21. The first-order valence-electron chi connectivity index (χ1n) is 10.5. The number of hydrogen-bond acceptors (Lipinski definition) is 5. The van der Waals surface area contributed by atoms with Crippen molar-refractivity contribution < 1.29 is 9.53 Å². The smallest absolute Gasteiger partial charge is 0.299 e. The number of nitrogens with zero attached hydrogens (tertiary/aromatic N) is 5. The third kappa shape index (κ3) is 3.67. The van der Waals surface area contributed by atoms with Crippen LogP contribution in [0.15, 0.2) is 67.3 Å². The van der Waals surface area contributed by atoms with Gasteiger partial charge in [0.2, 0.25) is 0 Å². The maximum atomic E-state index is 12.5. The Morgan fingerprint density at radius 3 is 2.78 bits per heavy atom. The Balaban J connectivity index is 1.50. The minimum absolute atomic E-state index is 0.132. The second kappa shape index (κ2) is 8.52. The van der Waals surface area contributed by atoms with E-state index in [0.717, 1.165) is 35.6 Å². The van der Waals surface area contributed by atoms with Gasteiger partial charge in [0.05, 0.1) is 29.6 Å². The van der Waals surface area contributed by atoms with Gasteiger partial charge in [-0.1, -0.05) is 24.1 Å². The van der Waals surface area contributed by atoms with Crippen LogP contribution in [0, 0.1) is 11.8 Å². The highest BCUT2D eigenvalue weighted by molar-refractivity contribution is 5.94. The molecule has 1 amide bonds. The average Bonchev–Trinajstić information content (AvgIpc) is 3.46. The lowest BCUT2D eigenvalue weighted by atomic mass is 10.2. The van der Waals surface area contributed by atoms with Gasteiger partial charge in [-0.15, -0.1) is 0 Å². The molecular weight excluding hydrogens is 402 g/mol. The van der Waals surface area contributed by atoms with Crippen molar-refractivity contribution in [2.75, 3.05) is 6.54 Å². The molecule has 1 fully saturated rings. The van der Waals surface area contributed by atoms with Crippen molar-refractivity contribution in [2.24, 2.45) is 0 Å². The molecule has 7 nitrogen and oxygen atoms in total. The van der Waals surface area contributed by atoms with Crippen LogP contribution in [0.4, 0.5) is 0 Å². The van der Waals surface area contributed by atoms with E-state index in [4.69, 9.17) is 9.72 Å². The van der Waals surface area contributed by atoms with E-state index < -0.39 is 0 Å². The highest BCUT2D eigenvalue weighted by Crippen LogP contribution is 2.34. The summed E-state index contributed by atoms with van der Waals surface area (Å²) in [5.41, 5.74) is 2.28.